The van der Waals surface area contributed by atoms with Gasteiger partial charge in [-0.05, 0) is 59.7 Å². The molecule has 1 saturated heterocycles. The van der Waals surface area contributed by atoms with Crippen LogP contribution < -0.4 is 5.32 Å². The smallest absolute Gasteiger partial charge is 0.252 e. The van der Waals surface area contributed by atoms with E-state index in [0.717, 1.165) is 31.6 Å². The van der Waals surface area contributed by atoms with Crippen molar-refractivity contribution in [3.8, 4) is 0 Å². The number of hydrogen-bond donors (Lipinski definition) is 1. The van der Waals surface area contributed by atoms with Gasteiger partial charge in [-0.25, -0.2) is 4.98 Å². The molecule has 1 aliphatic rings. The van der Waals surface area contributed by atoms with E-state index in [0.29, 0.717) is 12.1 Å². The van der Waals surface area contributed by atoms with E-state index >= 15 is 0 Å². The van der Waals surface area contributed by atoms with E-state index < -0.39 is 0 Å². The third kappa shape index (κ3) is 3.84. The predicted octanol–water partition coefficient (Wildman–Crippen LogP) is 3.99. The van der Waals surface area contributed by atoms with Crippen LogP contribution in [0.2, 0.25) is 0 Å². The number of para-hydroxylation sites is 1. The molecule has 1 N–H and O–H groups in total. The lowest BCUT2D eigenvalue weighted by Gasteiger charge is -2.23. The molecule has 0 radical (unpaired) electrons. The number of halogens is 1. The topological polar surface area (TPSA) is 62.3 Å². The fraction of sp³-hybridized carbons (Fsp3) is 0.250. The van der Waals surface area contributed by atoms with Gasteiger partial charge >= 0.3 is 0 Å². The van der Waals surface area contributed by atoms with Gasteiger partial charge in [-0.3, -0.25) is 9.59 Å². The van der Waals surface area contributed by atoms with Crippen LogP contribution in [0.15, 0.2) is 48.5 Å². The summed E-state index contributed by atoms with van der Waals surface area (Å²) in [6, 6.07) is 15.4. The van der Waals surface area contributed by atoms with Gasteiger partial charge in [-0.15, -0.1) is 11.3 Å². The van der Waals surface area contributed by atoms with Crippen molar-refractivity contribution in [2.24, 2.45) is 0 Å². The van der Waals surface area contributed by atoms with Crippen LogP contribution in [0.3, 0.4) is 0 Å². The molecule has 0 spiro atoms. The monoisotopic (exact) mass is 491 g/mol. The average molecular weight is 491 g/mol. The van der Waals surface area contributed by atoms with E-state index in [1.807, 2.05) is 41.3 Å². The van der Waals surface area contributed by atoms with E-state index in [1.54, 1.807) is 17.4 Å². The van der Waals surface area contributed by atoms with Crippen molar-refractivity contribution < 1.29 is 9.59 Å². The van der Waals surface area contributed by atoms with Crippen molar-refractivity contribution in [3.63, 3.8) is 0 Å². The average Bonchev–Trinajstić information content (AvgIpc) is 3.32. The zero-order valence-corrected chi connectivity index (χ0v) is 17.5. The summed E-state index contributed by atoms with van der Waals surface area (Å²) in [4.78, 5) is 31.7. The summed E-state index contributed by atoms with van der Waals surface area (Å²) in [6.45, 7) is 0.712. The van der Waals surface area contributed by atoms with Crippen LogP contribution in [-0.4, -0.2) is 34.8 Å². The minimum absolute atomic E-state index is 0.00339. The molecule has 0 saturated carbocycles. The van der Waals surface area contributed by atoms with Crippen LogP contribution in [0.4, 0.5) is 0 Å². The third-order valence-corrected chi connectivity index (χ3v) is 6.77. The molecule has 1 atom stereocenters. The molecular weight excluding hydrogens is 473 g/mol. The number of carbonyl (C=O) groups is 2. The zero-order valence-electron chi connectivity index (χ0n) is 14.5. The fourth-order valence-corrected chi connectivity index (χ4v) is 5.10. The summed E-state index contributed by atoms with van der Waals surface area (Å²) in [5, 5.41) is 3.74. The number of nitrogens with zero attached hydrogens (tertiary/aromatic N) is 2. The van der Waals surface area contributed by atoms with E-state index in [4.69, 9.17) is 4.98 Å². The standard InChI is InChI=1S/C20H18IN3O2S/c21-14-7-2-1-6-13(14)19(26)22-12-18(25)24-11-5-9-16(24)20-23-15-8-3-4-10-17(15)27-20/h1-4,6-8,10,16H,5,9,11-12H2,(H,22,26). The van der Waals surface area contributed by atoms with Crippen LogP contribution in [0, 0.1) is 3.57 Å². The molecule has 0 aliphatic carbocycles. The van der Waals surface area contributed by atoms with Crippen LogP contribution in [0.1, 0.15) is 34.2 Å². The maximum atomic E-state index is 12.8. The number of hydrogen-bond acceptors (Lipinski definition) is 4. The normalized spacial score (nSPS) is 16.6. The molecule has 138 valence electrons. The summed E-state index contributed by atoms with van der Waals surface area (Å²) < 4.78 is 2.01. The molecule has 7 heteroatoms. The van der Waals surface area contributed by atoms with Gasteiger partial charge in [0.2, 0.25) is 5.91 Å². The Bertz CT molecular complexity index is 971. The van der Waals surface area contributed by atoms with Gasteiger partial charge in [-0.1, -0.05) is 24.3 Å². The number of rotatable bonds is 4. The highest BCUT2D eigenvalue weighted by Gasteiger charge is 2.32. The quantitative estimate of drug-likeness (QED) is 0.562. The minimum atomic E-state index is -0.218. The largest absolute Gasteiger partial charge is 0.343 e. The molecule has 1 unspecified atom stereocenters. The number of carbonyl (C=O) groups excluding carboxylic acids is 2. The van der Waals surface area contributed by atoms with E-state index in [2.05, 4.69) is 34.0 Å². The molecule has 3 aromatic rings. The van der Waals surface area contributed by atoms with Crippen molar-refractivity contribution in [2.45, 2.75) is 18.9 Å². The molecule has 0 bridgehead atoms. The van der Waals surface area contributed by atoms with E-state index in [-0.39, 0.29) is 24.4 Å². The Labute approximate surface area is 174 Å². The summed E-state index contributed by atoms with van der Waals surface area (Å²) >= 11 is 3.77. The molecule has 1 aromatic heterocycles. The van der Waals surface area contributed by atoms with Crippen molar-refractivity contribution >= 4 is 56.0 Å². The molecule has 2 amide bonds. The minimum Gasteiger partial charge on any atom is -0.343 e. The van der Waals surface area contributed by atoms with Crippen LogP contribution in [-0.2, 0) is 4.79 Å². The molecule has 1 fully saturated rings. The van der Waals surface area contributed by atoms with Gasteiger partial charge < -0.3 is 10.2 Å². The number of amides is 2. The predicted molar refractivity (Wildman–Crippen MR) is 115 cm³/mol. The number of aromatic nitrogens is 1. The number of likely N-dealkylation sites (tertiary alicyclic amines) is 1. The Hall–Kier alpha value is -2.00. The van der Waals surface area contributed by atoms with Crippen molar-refractivity contribution in [2.75, 3.05) is 13.1 Å². The maximum absolute atomic E-state index is 12.8. The second kappa shape index (κ2) is 7.93. The first kappa shape index (κ1) is 18.4. The summed E-state index contributed by atoms with van der Waals surface area (Å²) in [5.41, 5.74) is 1.57. The van der Waals surface area contributed by atoms with Gasteiger partial charge in [-0.2, -0.15) is 0 Å². The Morgan fingerprint density at radius 1 is 1.19 bits per heavy atom. The summed E-state index contributed by atoms with van der Waals surface area (Å²) in [6.07, 6.45) is 1.87. The number of benzene rings is 2. The highest BCUT2D eigenvalue weighted by atomic mass is 127. The van der Waals surface area contributed by atoms with Crippen LogP contribution in [0.25, 0.3) is 10.2 Å². The molecule has 4 rings (SSSR count). The second-order valence-electron chi connectivity index (χ2n) is 6.43. The van der Waals surface area contributed by atoms with Gasteiger partial charge in [0.1, 0.15) is 5.01 Å². The molecular formula is C20H18IN3O2S. The zero-order chi connectivity index (χ0) is 18.8. The van der Waals surface area contributed by atoms with Gasteiger partial charge in [0.25, 0.3) is 5.91 Å². The lowest BCUT2D eigenvalue weighted by Crippen LogP contribution is -2.40. The Balaban J connectivity index is 1.45. The SMILES string of the molecule is O=C(NCC(=O)N1CCCC1c1nc2ccccc2s1)c1ccccc1I. The Morgan fingerprint density at radius 2 is 1.96 bits per heavy atom. The first-order valence-electron chi connectivity index (χ1n) is 8.81. The Morgan fingerprint density at radius 3 is 2.78 bits per heavy atom. The molecule has 5 nitrogen and oxygen atoms in total. The van der Waals surface area contributed by atoms with Gasteiger partial charge in [0.15, 0.2) is 0 Å². The van der Waals surface area contributed by atoms with Crippen molar-refractivity contribution in [1.82, 2.24) is 15.2 Å². The fourth-order valence-electron chi connectivity index (χ4n) is 3.35. The lowest BCUT2D eigenvalue weighted by molar-refractivity contribution is -0.131. The van der Waals surface area contributed by atoms with Crippen LogP contribution in [0.5, 0.6) is 0 Å². The first-order valence-corrected chi connectivity index (χ1v) is 10.7. The summed E-state index contributed by atoms with van der Waals surface area (Å²) in [5.74, 6) is -0.278. The van der Waals surface area contributed by atoms with Gasteiger partial charge in [0, 0.05) is 10.1 Å². The maximum Gasteiger partial charge on any atom is 0.252 e. The lowest BCUT2D eigenvalue weighted by atomic mass is 10.2. The summed E-state index contributed by atoms with van der Waals surface area (Å²) in [7, 11) is 0. The van der Waals surface area contributed by atoms with E-state index in [1.165, 1.54) is 0 Å². The Kier molecular flexibility index (Phi) is 5.40. The number of fused-ring (bicyclic) bond motifs is 1. The second-order valence-corrected chi connectivity index (χ2v) is 8.65. The molecule has 2 heterocycles. The van der Waals surface area contributed by atoms with Crippen molar-refractivity contribution in [1.29, 1.82) is 0 Å². The number of thiazole rings is 1. The first-order chi connectivity index (χ1) is 13.1. The van der Waals surface area contributed by atoms with Crippen LogP contribution >= 0.6 is 33.9 Å². The van der Waals surface area contributed by atoms with Gasteiger partial charge in [0.05, 0.1) is 28.4 Å². The van der Waals surface area contributed by atoms with Crippen molar-refractivity contribution in [3.05, 3.63) is 62.7 Å². The van der Waals surface area contributed by atoms with E-state index in [9.17, 15) is 9.59 Å². The highest BCUT2D eigenvalue weighted by molar-refractivity contribution is 14.1. The highest BCUT2D eigenvalue weighted by Crippen LogP contribution is 2.36. The number of nitrogens with one attached hydrogen (secondary N) is 1. The molecule has 2 aromatic carbocycles. The molecule has 27 heavy (non-hydrogen) atoms. The molecule has 1 aliphatic heterocycles. The third-order valence-electron chi connectivity index (χ3n) is 4.69.